The van der Waals surface area contributed by atoms with Crippen molar-refractivity contribution in [1.29, 1.82) is 0 Å². The molecular weight excluding hydrogens is 410 g/mol. The molecule has 33 heavy (non-hydrogen) atoms. The van der Waals surface area contributed by atoms with Crippen LogP contribution in [0.1, 0.15) is 162 Å². The van der Waals surface area contributed by atoms with E-state index in [4.69, 9.17) is 5.73 Å². The lowest BCUT2D eigenvalue weighted by Crippen LogP contribution is -2.57. The first-order valence-electron chi connectivity index (χ1n) is 14.5. The summed E-state index contributed by atoms with van der Waals surface area (Å²) in [5.74, 6) is -0.394. The summed E-state index contributed by atoms with van der Waals surface area (Å²) in [6.45, 7) is 6.39. The van der Waals surface area contributed by atoms with E-state index in [9.17, 15) is 14.7 Å². The molecule has 4 nitrogen and oxygen atoms in total. The molecule has 0 saturated carbocycles. The Balaban J connectivity index is 4.20. The molecule has 0 aromatic carbocycles. The van der Waals surface area contributed by atoms with E-state index in [1.165, 1.54) is 77.0 Å². The first kappa shape index (κ1) is 32.3. The molecule has 0 aromatic rings. The smallest absolute Gasteiger partial charge is 0.166 e. The van der Waals surface area contributed by atoms with Gasteiger partial charge < -0.3 is 10.8 Å². The van der Waals surface area contributed by atoms with Crippen molar-refractivity contribution in [2.75, 3.05) is 0 Å². The van der Waals surface area contributed by atoms with Crippen LogP contribution in [0.2, 0.25) is 0 Å². The number of carbonyl (C=O) groups excluding carboxylic acids is 2. The van der Waals surface area contributed by atoms with Crippen molar-refractivity contribution >= 4 is 11.6 Å². The van der Waals surface area contributed by atoms with Crippen LogP contribution in [0, 0.1) is 0 Å². The van der Waals surface area contributed by atoms with Crippen LogP contribution in [-0.2, 0) is 9.59 Å². The lowest BCUT2D eigenvalue weighted by molar-refractivity contribution is -0.146. The molecule has 196 valence electrons. The average Bonchev–Trinajstić information content (AvgIpc) is 2.81. The number of rotatable bonds is 25. The number of hydrogen-bond donors (Lipinski definition) is 2. The van der Waals surface area contributed by atoms with Gasteiger partial charge in [0, 0.05) is 12.8 Å². The highest BCUT2D eigenvalue weighted by atomic mass is 16.3. The van der Waals surface area contributed by atoms with Crippen molar-refractivity contribution in [2.24, 2.45) is 5.73 Å². The van der Waals surface area contributed by atoms with Crippen LogP contribution in [-0.4, -0.2) is 28.3 Å². The minimum atomic E-state index is -1.69. The van der Waals surface area contributed by atoms with Gasteiger partial charge in [0.25, 0.3) is 0 Å². The van der Waals surface area contributed by atoms with Crippen LogP contribution in [0.3, 0.4) is 0 Å². The van der Waals surface area contributed by atoms with Gasteiger partial charge in [-0.05, 0) is 19.3 Å². The summed E-state index contributed by atoms with van der Waals surface area (Å²) in [7, 11) is 0. The van der Waals surface area contributed by atoms with Gasteiger partial charge in [0.15, 0.2) is 11.6 Å². The third-order valence-electron chi connectivity index (χ3n) is 7.01. The largest absolute Gasteiger partial charge is 0.380 e. The van der Waals surface area contributed by atoms with Gasteiger partial charge in [-0.1, -0.05) is 130 Å². The van der Waals surface area contributed by atoms with E-state index >= 15 is 0 Å². The standard InChI is InChI=1S/C29H57NO3/c1-4-7-9-11-13-15-17-19-21-23-26(31)28(30)29(33,25-6-3)27(32)24-22-20-18-16-14-12-10-8-5-2/h28,33H,4-25,30H2,1-3H3. The van der Waals surface area contributed by atoms with Crippen molar-refractivity contribution < 1.29 is 14.7 Å². The van der Waals surface area contributed by atoms with Crippen LogP contribution in [0.5, 0.6) is 0 Å². The molecular formula is C29H57NO3. The summed E-state index contributed by atoms with van der Waals surface area (Å²) in [5.41, 5.74) is 4.49. The van der Waals surface area contributed by atoms with Crippen molar-refractivity contribution in [2.45, 2.75) is 174 Å². The van der Waals surface area contributed by atoms with Crippen molar-refractivity contribution in [3.63, 3.8) is 0 Å². The Morgan fingerprint density at radius 1 is 0.606 bits per heavy atom. The SMILES string of the molecule is CCCCCCCCCCCC(=O)C(N)C(O)(CCC)C(=O)CCCCCCCCCCC. The summed E-state index contributed by atoms with van der Waals surface area (Å²) in [5, 5.41) is 11.1. The Labute approximate surface area is 205 Å². The summed E-state index contributed by atoms with van der Waals surface area (Å²) in [6, 6.07) is -1.09. The van der Waals surface area contributed by atoms with E-state index < -0.39 is 11.6 Å². The second kappa shape index (κ2) is 21.8. The lowest BCUT2D eigenvalue weighted by Gasteiger charge is -2.31. The Bertz CT molecular complexity index is 479. The summed E-state index contributed by atoms with van der Waals surface area (Å²) >= 11 is 0. The number of ketones is 2. The number of unbranched alkanes of at least 4 members (excludes halogenated alkanes) is 16. The zero-order valence-electron chi connectivity index (χ0n) is 22.5. The zero-order valence-corrected chi connectivity index (χ0v) is 22.5. The molecule has 0 aliphatic heterocycles. The van der Waals surface area contributed by atoms with E-state index in [1.807, 2.05) is 6.92 Å². The molecule has 2 unspecified atom stereocenters. The first-order chi connectivity index (χ1) is 15.9. The highest BCUT2D eigenvalue weighted by Crippen LogP contribution is 2.24. The number of nitrogens with two attached hydrogens (primary N) is 1. The van der Waals surface area contributed by atoms with Gasteiger partial charge in [-0.15, -0.1) is 0 Å². The zero-order chi connectivity index (χ0) is 24.8. The number of aliphatic hydroxyl groups is 1. The van der Waals surface area contributed by atoms with E-state index in [0.29, 0.717) is 19.3 Å². The number of Topliss-reactive ketones (excluding diaryl/α,β-unsaturated/α-hetero) is 2. The Morgan fingerprint density at radius 3 is 1.36 bits per heavy atom. The van der Waals surface area contributed by atoms with Crippen LogP contribution in [0.15, 0.2) is 0 Å². The lowest BCUT2D eigenvalue weighted by atomic mass is 9.80. The second-order valence-corrected chi connectivity index (χ2v) is 10.2. The first-order valence-corrected chi connectivity index (χ1v) is 14.5. The molecule has 0 aliphatic carbocycles. The van der Waals surface area contributed by atoms with Crippen LogP contribution in [0.25, 0.3) is 0 Å². The molecule has 0 aliphatic rings. The van der Waals surface area contributed by atoms with Crippen molar-refractivity contribution in [3.8, 4) is 0 Å². The highest BCUT2D eigenvalue weighted by Gasteiger charge is 2.43. The maximum Gasteiger partial charge on any atom is 0.166 e. The predicted octanol–water partition coefficient (Wildman–Crippen LogP) is 7.82. The second-order valence-electron chi connectivity index (χ2n) is 10.2. The maximum absolute atomic E-state index is 12.8. The molecule has 3 N–H and O–H groups in total. The fourth-order valence-corrected chi connectivity index (χ4v) is 4.69. The number of hydrogen-bond acceptors (Lipinski definition) is 4. The van der Waals surface area contributed by atoms with Gasteiger partial charge in [-0.25, -0.2) is 0 Å². The molecule has 0 fully saturated rings. The van der Waals surface area contributed by atoms with E-state index in [-0.39, 0.29) is 18.0 Å². The molecule has 0 rings (SSSR count). The number of carbonyl (C=O) groups is 2. The Morgan fingerprint density at radius 2 is 0.970 bits per heavy atom. The fraction of sp³-hybridized carbons (Fsp3) is 0.931. The minimum absolute atomic E-state index is 0.158. The minimum Gasteiger partial charge on any atom is -0.380 e. The topological polar surface area (TPSA) is 80.4 Å². The van der Waals surface area contributed by atoms with Crippen LogP contribution in [0.4, 0.5) is 0 Å². The molecule has 2 atom stereocenters. The van der Waals surface area contributed by atoms with Crippen molar-refractivity contribution in [1.82, 2.24) is 0 Å². The van der Waals surface area contributed by atoms with Gasteiger partial charge in [-0.2, -0.15) is 0 Å². The normalized spacial score (nSPS) is 14.2. The third kappa shape index (κ3) is 15.7. The van der Waals surface area contributed by atoms with Gasteiger partial charge in [0.2, 0.25) is 0 Å². The van der Waals surface area contributed by atoms with Crippen LogP contribution >= 0.6 is 0 Å². The molecule has 0 amide bonds. The molecule has 0 radical (unpaired) electrons. The molecule has 0 spiro atoms. The Hall–Kier alpha value is -0.740. The van der Waals surface area contributed by atoms with Crippen molar-refractivity contribution in [3.05, 3.63) is 0 Å². The van der Waals surface area contributed by atoms with Crippen LogP contribution < -0.4 is 5.73 Å². The van der Waals surface area contributed by atoms with Gasteiger partial charge in [-0.3, -0.25) is 9.59 Å². The molecule has 0 saturated heterocycles. The highest BCUT2D eigenvalue weighted by molar-refractivity contribution is 5.96. The van der Waals surface area contributed by atoms with Gasteiger partial charge >= 0.3 is 0 Å². The summed E-state index contributed by atoms with van der Waals surface area (Å²) in [4.78, 5) is 25.5. The summed E-state index contributed by atoms with van der Waals surface area (Å²) in [6.07, 6.45) is 22.9. The maximum atomic E-state index is 12.8. The van der Waals surface area contributed by atoms with Gasteiger partial charge in [0.1, 0.15) is 5.60 Å². The monoisotopic (exact) mass is 467 g/mol. The van der Waals surface area contributed by atoms with E-state index in [0.717, 1.165) is 38.5 Å². The third-order valence-corrected chi connectivity index (χ3v) is 7.01. The Kier molecular flexibility index (Phi) is 21.3. The predicted molar refractivity (Wildman–Crippen MR) is 142 cm³/mol. The van der Waals surface area contributed by atoms with E-state index in [1.54, 1.807) is 0 Å². The van der Waals surface area contributed by atoms with Gasteiger partial charge in [0.05, 0.1) is 6.04 Å². The summed E-state index contributed by atoms with van der Waals surface area (Å²) < 4.78 is 0. The quantitative estimate of drug-likeness (QED) is 0.134. The fourth-order valence-electron chi connectivity index (χ4n) is 4.69. The van der Waals surface area contributed by atoms with E-state index in [2.05, 4.69) is 13.8 Å². The molecule has 4 heteroatoms. The molecule has 0 heterocycles. The molecule has 0 aromatic heterocycles. The molecule has 0 bridgehead atoms. The average molecular weight is 468 g/mol.